The summed E-state index contributed by atoms with van der Waals surface area (Å²) in [4.78, 5) is 6.21. The Morgan fingerprint density at radius 2 is 2.29 bits per heavy atom. The van der Waals surface area contributed by atoms with Crippen molar-refractivity contribution in [3.63, 3.8) is 0 Å². The van der Waals surface area contributed by atoms with Gasteiger partial charge in [-0.25, -0.2) is 4.98 Å². The van der Waals surface area contributed by atoms with Crippen LogP contribution in [0.2, 0.25) is 0 Å². The Morgan fingerprint density at radius 1 is 1.53 bits per heavy atom. The standard InChI is InChI=1S/C13H20N4/c1-11(6-8-17(2)3)16-10-12-5-4-7-15-13(12)9-14/h4-5,7,11,16H,6,8,10H2,1-3H3. The van der Waals surface area contributed by atoms with Gasteiger partial charge in [-0.2, -0.15) is 5.26 Å². The van der Waals surface area contributed by atoms with Crippen LogP contribution in [0.5, 0.6) is 0 Å². The smallest absolute Gasteiger partial charge is 0.144 e. The van der Waals surface area contributed by atoms with Crippen molar-refractivity contribution in [2.24, 2.45) is 0 Å². The molecule has 0 fully saturated rings. The zero-order valence-electron chi connectivity index (χ0n) is 10.8. The fourth-order valence-electron chi connectivity index (χ4n) is 1.52. The third-order valence-electron chi connectivity index (χ3n) is 2.65. The molecule has 1 unspecified atom stereocenters. The van der Waals surface area contributed by atoms with Crippen LogP contribution in [0.4, 0.5) is 0 Å². The number of aromatic nitrogens is 1. The largest absolute Gasteiger partial charge is 0.310 e. The highest BCUT2D eigenvalue weighted by Gasteiger charge is 2.05. The number of nitrogens with one attached hydrogen (secondary N) is 1. The third kappa shape index (κ3) is 4.94. The molecule has 0 saturated heterocycles. The van der Waals surface area contributed by atoms with Gasteiger partial charge in [-0.15, -0.1) is 0 Å². The maximum Gasteiger partial charge on any atom is 0.144 e. The maximum atomic E-state index is 8.91. The normalized spacial score (nSPS) is 12.4. The van der Waals surface area contributed by atoms with Crippen LogP contribution in [-0.2, 0) is 6.54 Å². The summed E-state index contributed by atoms with van der Waals surface area (Å²) in [7, 11) is 4.14. The first-order chi connectivity index (χ1) is 8.13. The van der Waals surface area contributed by atoms with Crippen LogP contribution in [-0.4, -0.2) is 36.6 Å². The van der Waals surface area contributed by atoms with Gasteiger partial charge in [0.05, 0.1) is 0 Å². The van der Waals surface area contributed by atoms with Crippen LogP contribution in [0.15, 0.2) is 18.3 Å². The average molecular weight is 232 g/mol. The van der Waals surface area contributed by atoms with Gasteiger partial charge in [0.1, 0.15) is 11.8 Å². The number of hydrogen-bond acceptors (Lipinski definition) is 4. The van der Waals surface area contributed by atoms with Gasteiger partial charge in [-0.05, 0) is 40.1 Å². The van der Waals surface area contributed by atoms with Crippen LogP contribution in [0.3, 0.4) is 0 Å². The van der Waals surface area contributed by atoms with E-state index in [4.69, 9.17) is 5.26 Å². The first kappa shape index (κ1) is 13.6. The van der Waals surface area contributed by atoms with Gasteiger partial charge in [-0.3, -0.25) is 0 Å². The SMILES string of the molecule is CC(CCN(C)C)NCc1cccnc1C#N. The van der Waals surface area contributed by atoms with E-state index in [0.29, 0.717) is 18.3 Å². The van der Waals surface area contributed by atoms with Crippen molar-refractivity contribution in [1.29, 1.82) is 5.26 Å². The van der Waals surface area contributed by atoms with Crippen molar-refractivity contribution >= 4 is 0 Å². The molecule has 0 aliphatic carbocycles. The van der Waals surface area contributed by atoms with Crippen LogP contribution in [0, 0.1) is 11.3 Å². The van der Waals surface area contributed by atoms with E-state index in [1.807, 2.05) is 12.1 Å². The monoisotopic (exact) mass is 232 g/mol. The Bertz CT molecular complexity index is 381. The lowest BCUT2D eigenvalue weighted by atomic mass is 10.1. The molecule has 92 valence electrons. The fraction of sp³-hybridized carbons (Fsp3) is 0.538. The highest BCUT2D eigenvalue weighted by Crippen LogP contribution is 2.04. The molecule has 0 amide bonds. The van der Waals surface area contributed by atoms with Crippen molar-refractivity contribution in [3.8, 4) is 6.07 Å². The van der Waals surface area contributed by atoms with E-state index in [1.165, 1.54) is 0 Å². The zero-order chi connectivity index (χ0) is 12.7. The molecule has 4 heteroatoms. The lowest BCUT2D eigenvalue weighted by Gasteiger charge is -2.16. The second-order valence-electron chi connectivity index (χ2n) is 4.50. The summed E-state index contributed by atoms with van der Waals surface area (Å²) in [6.45, 7) is 3.92. The predicted octanol–water partition coefficient (Wildman–Crippen LogP) is 1.38. The van der Waals surface area contributed by atoms with Crippen LogP contribution < -0.4 is 5.32 Å². The zero-order valence-corrected chi connectivity index (χ0v) is 10.8. The Morgan fingerprint density at radius 3 is 2.94 bits per heavy atom. The molecule has 1 aromatic heterocycles. The predicted molar refractivity (Wildman–Crippen MR) is 68.4 cm³/mol. The summed E-state index contributed by atoms with van der Waals surface area (Å²) in [5.74, 6) is 0. The Balaban J connectivity index is 2.42. The Hall–Kier alpha value is -1.44. The Labute approximate surface area is 103 Å². The van der Waals surface area contributed by atoms with Crippen molar-refractivity contribution < 1.29 is 0 Å². The van der Waals surface area contributed by atoms with E-state index in [0.717, 1.165) is 18.5 Å². The second kappa shape index (κ2) is 7.00. The lowest BCUT2D eigenvalue weighted by Crippen LogP contribution is -2.29. The van der Waals surface area contributed by atoms with E-state index in [9.17, 15) is 0 Å². The van der Waals surface area contributed by atoms with Crippen LogP contribution >= 0.6 is 0 Å². The molecular weight excluding hydrogens is 212 g/mol. The molecule has 1 N–H and O–H groups in total. The van der Waals surface area contributed by atoms with Gasteiger partial charge in [0.15, 0.2) is 0 Å². The van der Waals surface area contributed by atoms with Gasteiger partial charge in [-0.1, -0.05) is 6.07 Å². The molecule has 0 radical (unpaired) electrons. The molecule has 0 saturated carbocycles. The number of rotatable bonds is 6. The summed E-state index contributed by atoms with van der Waals surface area (Å²) in [6.07, 6.45) is 2.74. The van der Waals surface area contributed by atoms with E-state index in [2.05, 4.69) is 42.3 Å². The molecule has 0 aliphatic heterocycles. The average Bonchev–Trinajstić information content (AvgIpc) is 2.34. The minimum absolute atomic E-state index is 0.434. The number of hydrogen-bond donors (Lipinski definition) is 1. The topological polar surface area (TPSA) is 52.0 Å². The second-order valence-corrected chi connectivity index (χ2v) is 4.50. The van der Waals surface area contributed by atoms with E-state index < -0.39 is 0 Å². The third-order valence-corrected chi connectivity index (χ3v) is 2.65. The van der Waals surface area contributed by atoms with Crippen LogP contribution in [0.1, 0.15) is 24.6 Å². The van der Waals surface area contributed by atoms with E-state index in [1.54, 1.807) is 6.20 Å². The van der Waals surface area contributed by atoms with Crippen LogP contribution in [0.25, 0.3) is 0 Å². The molecule has 0 spiro atoms. The molecule has 0 aromatic carbocycles. The van der Waals surface area contributed by atoms with Gasteiger partial charge in [0, 0.05) is 24.3 Å². The van der Waals surface area contributed by atoms with Crippen molar-refractivity contribution in [1.82, 2.24) is 15.2 Å². The molecule has 1 aromatic rings. The minimum Gasteiger partial charge on any atom is -0.310 e. The highest BCUT2D eigenvalue weighted by molar-refractivity contribution is 5.30. The van der Waals surface area contributed by atoms with Gasteiger partial charge < -0.3 is 10.2 Å². The minimum atomic E-state index is 0.434. The summed E-state index contributed by atoms with van der Waals surface area (Å²) in [6, 6.07) is 6.35. The molecule has 1 atom stereocenters. The quantitative estimate of drug-likeness (QED) is 0.805. The van der Waals surface area contributed by atoms with E-state index in [-0.39, 0.29) is 0 Å². The van der Waals surface area contributed by atoms with E-state index >= 15 is 0 Å². The molecular formula is C13H20N4. The van der Waals surface area contributed by atoms with Crippen molar-refractivity contribution in [3.05, 3.63) is 29.6 Å². The molecule has 17 heavy (non-hydrogen) atoms. The molecule has 0 bridgehead atoms. The number of nitriles is 1. The highest BCUT2D eigenvalue weighted by atomic mass is 15.1. The van der Waals surface area contributed by atoms with Crippen molar-refractivity contribution in [2.45, 2.75) is 25.9 Å². The van der Waals surface area contributed by atoms with Gasteiger partial charge in [0.25, 0.3) is 0 Å². The summed E-state index contributed by atoms with van der Waals surface area (Å²) < 4.78 is 0. The molecule has 1 heterocycles. The number of pyridine rings is 1. The summed E-state index contributed by atoms with van der Waals surface area (Å²) >= 11 is 0. The lowest BCUT2D eigenvalue weighted by molar-refractivity contribution is 0.365. The maximum absolute atomic E-state index is 8.91. The van der Waals surface area contributed by atoms with Crippen molar-refractivity contribution in [2.75, 3.05) is 20.6 Å². The summed E-state index contributed by atoms with van der Waals surface area (Å²) in [5, 5.41) is 12.3. The number of nitrogens with zero attached hydrogens (tertiary/aromatic N) is 3. The summed E-state index contributed by atoms with van der Waals surface area (Å²) in [5.41, 5.74) is 1.48. The first-order valence-electron chi connectivity index (χ1n) is 5.85. The van der Waals surface area contributed by atoms with Gasteiger partial charge >= 0.3 is 0 Å². The first-order valence-corrected chi connectivity index (χ1v) is 5.85. The molecule has 1 rings (SSSR count). The Kier molecular flexibility index (Phi) is 5.61. The molecule has 4 nitrogen and oxygen atoms in total. The fourth-order valence-corrected chi connectivity index (χ4v) is 1.52. The van der Waals surface area contributed by atoms with Gasteiger partial charge in [0.2, 0.25) is 0 Å². The molecule has 0 aliphatic rings.